The van der Waals surface area contributed by atoms with Crippen molar-refractivity contribution in [3.05, 3.63) is 18.0 Å². The van der Waals surface area contributed by atoms with Gasteiger partial charge in [0, 0.05) is 24.8 Å². The summed E-state index contributed by atoms with van der Waals surface area (Å²) < 4.78 is 1.90. The van der Waals surface area contributed by atoms with Gasteiger partial charge in [-0.15, -0.1) is 0 Å². The molecule has 0 amide bonds. The molecule has 1 aliphatic carbocycles. The summed E-state index contributed by atoms with van der Waals surface area (Å²) in [4.78, 5) is 0. The lowest BCUT2D eigenvalue weighted by atomic mass is 9.78. The van der Waals surface area contributed by atoms with Gasteiger partial charge in [0.25, 0.3) is 0 Å². The molecule has 84 valence electrons. The van der Waals surface area contributed by atoms with Crippen LogP contribution in [0.4, 0.5) is 0 Å². The standard InChI is InChI=1S/C12H21N3/c1-3-7-13-12(10-5-4-6-10)11-8-14-15(2)9-11/h8-10,12-13H,3-7H2,1-2H3. The molecule has 1 saturated carbocycles. The molecule has 1 aromatic rings. The van der Waals surface area contributed by atoms with Gasteiger partial charge in [-0.2, -0.15) is 5.10 Å². The Morgan fingerprint density at radius 1 is 1.60 bits per heavy atom. The molecule has 3 heteroatoms. The first kappa shape index (κ1) is 10.7. The molecule has 0 aromatic carbocycles. The van der Waals surface area contributed by atoms with Crippen LogP contribution in [0.1, 0.15) is 44.2 Å². The zero-order chi connectivity index (χ0) is 10.7. The van der Waals surface area contributed by atoms with Crippen molar-refractivity contribution in [2.45, 2.75) is 38.6 Å². The second kappa shape index (κ2) is 4.79. The first-order valence-electron chi connectivity index (χ1n) is 6.03. The molecular formula is C12H21N3. The first-order valence-corrected chi connectivity index (χ1v) is 6.03. The van der Waals surface area contributed by atoms with E-state index in [2.05, 4.69) is 23.5 Å². The van der Waals surface area contributed by atoms with Gasteiger partial charge in [0.1, 0.15) is 0 Å². The van der Waals surface area contributed by atoms with Gasteiger partial charge in [-0.05, 0) is 31.7 Å². The number of aromatic nitrogens is 2. The Hall–Kier alpha value is -0.830. The lowest BCUT2D eigenvalue weighted by Gasteiger charge is -2.34. The molecule has 1 heterocycles. The highest BCUT2D eigenvalue weighted by molar-refractivity contribution is 5.12. The van der Waals surface area contributed by atoms with Crippen molar-refractivity contribution in [1.82, 2.24) is 15.1 Å². The van der Waals surface area contributed by atoms with E-state index in [4.69, 9.17) is 0 Å². The number of nitrogens with zero attached hydrogens (tertiary/aromatic N) is 2. The Morgan fingerprint density at radius 3 is 2.87 bits per heavy atom. The van der Waals surface area contributed by atoms with Crippen molar-refractivity contribution >= 4 is 0 Å². The Balaban J connectivity index is 2.03. The molecule has 1 N–H and O–H groups in total. The predicted octanol–water partition coefficient (Wildman–Crippen LogP) is 2.26. The highest BCUT2D eigenvalue weighted by Crippen LogP contribution is 2.37. The van der Waals surface area contributed by atoms with Gasteiger partial charge in [0.15, 0.2) is 0 Å². The monoisotopic (exact) mass is 207 g/mol. The van der Waals surface area contributed by atoms with Crippen LogP contribution in [0.5, 0.6) is 0 Å². The minimum Gasteiger partial charge on any atom is -0.310 e. The highest BCUT2D eigenvalue weighted by Gasteiger charge is 2.28. The second-order valence-electron chi connectivity index (χ2n) is 4.57. The van der Waals surface area contributed by atoms with Crippen molar-refractivity contribution < 1.29 is 0 Å². The number of aryl methyl sites for hydroxylation is 1. The average molecular weight is 207 g/mol. The van der Waals surface area contributed by atoms with Crippen LogP contribution in [0.15, 0.2) is 12.4 Å². The summed E-state index contributed by atoms with van der Waals surface area (Å²) in [6.07, 6.45) is 9.49. The van der Waals surface area contributed by atoms with E-state index in [0.29, 0.717) is 6.04 Å². The van der Waals surface area contributed by atoms with Crippen molar-refractivity contribution in [1.29, 1.82) is 0 Å². The Labute approximate surface area is 91.9 Å². The maximum absolute atomic E-state index is 4.26. The Morgan fingerprint density at radius 2 is 2.40 bits per heavy atom. The summed E-state index contributed by atoms with van der Waals surface area (Å²) in [5, 5.41) is 7.91. The van der Waals surface area contributed by atoms with Gasteiger partial charge in [0.05, 0.1) is 6.20 Å². The maximum atomic E-state index is 4.26. The van der Waals surface area contributed by atoms with Crippen LogP contribution in [0.2, 0.25) is 0 Å². The third-order valence-corrected chi connectivity index (χ3v) is 3.32. The molecular weight excluding hydrogens is 186 g/mol. The van der Waals surface area contributed by atoms with Gasteiger partial charge < -0.3 is 5.32 Å². The summed E-state index contributed by atoms with van der Waals surface area (Å²) >= 11 is 0. The van der Waals surface area contributed by atoms with Crippen LogP contribution < -0.4 is 5.32 Å². The van der Waals surface area contributed by atoms with Crippen LogP contribution >= 0.6 is 0 Å². The number of nitrogens with one attached hydrogen (secondary N) is 1. The summed E-state index contributed by atoms with van der Waals surface area (Å²) in [6.45, 7) is 3.32. The maximum Gasteiger partial charge on any atom is 0.0537 e. The average Bonchev–Trinajstić information content (AvgIpc) is 2.56. The molecule has 1 aromatic heterocycles. The molecule has 0 bridgehead atoms. The van der Waals surface area contributed by atoms with E-state index in [1.165, 1.54) is 31.2 Å². The van der Waals surface area contributed by atoms with E-state index in [9.17, 15) is 0 Å². The normalized spacial score (nSPS) is 18.8. The van der Waals surface area contributed by atoms with E-state index in [1.54, 1.807) is 0 Å². The molecule has 0 radical (unpaired) electrons. The quantitative estimate of drug-likeness (QED) is 0.802. The smallest absolute Gasteiger partial charge is 0.0537 e. The van der Waals surface area contributed by atoms with Crippen LogP contribution in [0.3, 0.4) is 0 Å². The zero-order valence-corrected chi connectivity index (χ0v) is 9.74. The van der Waals surface area contributed by atoms with Crippen LogP contribution in [0, 0.1) is 5.92 Å². The third kappa shape index (κ3) is 2.40. The summed E-state index contributed by atoms with van der Waals surface area (Å²) in [7, 11) is 1.99. The predicted molar refractivity (Wildman–Crippen MR) is 61.6 cm³/mol. The van der Waals surface area contributed by atoms with Crippen LogP contribution in [0.25, 0.3) is 0 Å². The van der Waals surface area contributed by atoms with Gasteiger partial charge in [-0.1, -0.05) is 13.3 Å². The van der Waals surface area contributed by atoms with Crippen molar-refractivity contribution in [2.24, 2.45) is 13.0 Å². The van der Waals surface area contributed by atoms with Gasteiger partial charge >= 0.3 is 0 Å². The largest absolute Gasteiger partial charge is 0.310 e. The topological polar surface area (TPSA) is 29.9 Å². The lowest BCUT2D eigenvalue weighted by Crippen LogP contribution is -2.32. The van der Waals surface area contributed by atoms with Crippen molar-refractivity contribution in [3.63, 3.8) is 0 Å². The first-order chi connectivity index (χ1) is 7.31. The van der Waals surface area contributed by atoms with E-state index < -0.39 is 0 Å². The number of rotatable bonds is 5. The molecule has 0 spiro atoms. The van der Waals surface area contributed by atoms with E-state index in [0.717, 1.165) is 12.5 Å². The summed E-state index contributed by atoms with van der Waals surface area (Å²) in [5.41, 5.74) is 1.36. The molecule has 0 saturated heterocycles. The fourth-order valence-electron chi connectivity index (χ4n) is 2.23. The van der Waals surface area contributed by atoms with Crippen LogP contribution in [-0.2, 0) is 7.05 Å². The fraction of sp³-hybridized carbons (Fsp3) is 0.750. The molecule has 3 nitrogen and oxygen atoms in total. The minimum absolute atomic E-state index is 0.535. The SMILES string of the molecule is CCCNC(c1cnn(C)c1)C1CCC1. The number of hydrogen-bond donors (Lipinski definition) is 1. The molecule has 0 aliphatic heterocycles. The molecule has 2 rings (SSSR count). The van der Waals surface area contributed by atoms with E-state index >= 15 is 0 Å². The fourth-order valence-corrected chi connectivity index (χ4v) is 2.23. The van der Waals surface area contributed by atoms with Gasteiger partial charge in [-0.25, -0.2) is 0 Å². The molecule has 1 atom stereocenters. The summed E-state index contributed by atoms with van der Waals surface area (Å²) in [6, 6.07) is 0.535. The summed E-state index contributed by atoms with van der Waals surface area (Å²) in [5.74, 6) is 0.834. The molecule has 15 heavy (non-hydrogen) atoms. The molecule has 1 unspecified atom stereocenters. The van der Waals surface area contributed by atoms with Gasteiger partial charge in [-0.3, -0.25) is 4.68 Å². The second-order valence-corrected chi connectivity index (χ2v) is 4.57. The van der Waals surface area contributed by atoms with Crippen LogP contribution in [-0.4, -0.2) is 16.3 Å². The number of hydrogen-bond acceptors (Lipinski definition) is 2. The van der Waals surface area contributed by atoms with E-state index in [1.807, 2.05) is 17.9 Å². The van der Waals surface area contributed by atoms with Crippen molar-refractivity contribution in [2.75, 3.05) is 6.54 Å². The third-order valence-electron chi connectivity index (χ3n) is 3.32. The minimum atomic E-state index is 0.535. The molecule has 1 fully saturated rings. The Bertz CT molecular complexity index is 302. The van der Waals surface area contributed by atoms with E-state index in [-0.39, 0.29) is 0 Å². The lowest BCUT2D eigenvalue weighted by molar-refractivity contribution is 0.231. The molecule has 1 aliphatic rings. The Kier molecular flexibility index (Phi) is 3.41. The van der Waals surface area contributed by atoms with Gasteiger partial charge in [0.2, 0.25) is 0 Å². The zero-order valence-electron chi connectivity index (χ0n) is 9.74. The highest BCUT2D eigenvalue weighted by atomic mass is 15.2. The van der Waals surface area contributed by atoms with Crippen molar-refractivity contribution in [3.8, 4) is 0 Å².